The van der Waals surface area contributed by atoms with Crippen LogP contribution in [0.5, 0.6) is 11.6 Å². The van der Waals surface area contributed by atoms with E-state index in [1.54, 1.807) is 29.1 Å². The molecule has 0 aliphatic heterocycles. The molecule has 0 spiro atoms. The van der Waals surface area contributed by atoms with Gasteiger partial charge in [0.1, 0.15) is 5.75 Å². The number of nitrogens with one attached hydrogen (secondary N) is 1. The van der Waals surface area contributed by atoms with Crippen molar-refractivity contribution in [1.82, 2.24) is 25.0 Å². The van der Waals surface area contributed by atoms with Crippen LogP contribution in [-0.2, 0) is 5.88 Å². The number of hydrogen-bond donors (Lipinski definition) is 3. The fourth-order valence-corrected chi connectivity index (χ4v) is 3.28. The molecule has 154 valence electrons. The first-order valence-corrected chi connectivity index (χ1v) is 10.1. The Bertz CT molecular complexity index is 1100. The van der Waals surface area contributed by atoms with E-state index in [4.69, 9.17) is 15.6 Å². The first-order chi connectivity index (χ1) is 14.6. The second-order valence-electron chi connectivity index (χ2n) is 6.36. The number of benzene rings is 1. The number of thioether (sulfide) groups is 1. The molecular formula is C20H19FN6O2S. The van der Waals surface area contributed by atoms with Crippen molar-refractivity contribution in [2.75, 3.05) is 6.61 Å². The van der Waals surface area contributed by atoms with Gasteiger partial charge in [-0.05, 0) is 42.5 Å². The average Bonchev–Trinajstić information content (AvgIpc) is 3.46. The molecule has 0 fully saturated rings. The minimum absolute atomic E-state index is 0.0817. The molecule has 0 aliphatic rings. The zero-order valence-corrected chi connectivity index (χ0v) is 16.6. The predicted molar refractivity (Wildman–Crippen MR) is 112 cm³/mol. The molecule has 0 unspecified atom stereocenters. The van der Waals surface area contributed by atoms with E-state index in [9.17, 15) is 4.39 Å². The minimum atomic E-state index is -0.566. The molecule has 0 aliphatic carbocycles. The van der Waals surface area contributed by atoms with Gasteiger partial charge in [0.2, 0.25) is 0 Å². The maximum atomic E-state index is 14.4. The number of H-pyrrole nitrogens is 1. The molecule has 8 nitrogen and oxygen atoms in total. The number of aromatic nitrogens is 5. The van der Waals surface area contributed by atoms with E-state index >= 15 is 0 Å². The molecule has 0 bridgehead atoms. The average molecular weight is 426 g/mol. The fourth-order valence-electron chi connectivity index (χ4n) is 2.68. The standard InChI is InChI=1S/C20H19FN6O2S/c21-16-9-14(17-5-7-24-25-17)10-23-20(16)29-15-3-1-13(2-4-15)18-6-8-27(26-18)12-30-19(22)11-28/h1-10,19,28H,11-12,22H2,(H,24,25)/t19-/m0/s1. The van der Waals surface area contributed by atoms with Crippen molar-refractivity contribution >= 4 is 11.8 Å². The Hall–Kier alpha value is -3.21. The summed E-state index contributed by atoms with van der Waals surface area (Å²) in [5.74, 6) is 0.335. The SMILES string of the molecule is N[C@H](CO)SCn1ccc(-c2ccc(Oc3ncc(-c4ccn[nH]4)cc3F)cc2)n1. The van der Waals surface area contributed by atoms with Crippen molar-refractivity contribution in [3.05, 3.63) is 66.9 Å². The van der Waals surface area contributed by atoms with Crippen molar-refractivity contribution < 1.29 is 14.2 Å². The highest BCUT2D eigenvalue weighted by molar-refractivity contribution is 7.98. The summed E-state index contributed by atoms with van der Waals surface area (Å²) in [5.41, 5.74) is 8.62. The highest BCUT2D eigenvalue weighted by Crippen LogP contribution is 2.27. The lowest BCUT2D eigenvalue weighted by Crippen LogP contribution is -2.20. The van der Waals surface area contributed by atoms with E-state index in [0.717, 1.165) is 11.3 Å². The molecule has 3 aromatic heterocycles. The fraction of sp³-hybridized carbons (Fsp3) is 0.150. The third-order valence-electron chi connectivity index (χ3n) is 4.23. The van der Waals surface area contributed by atoms with Gasteiger partial charge in [-0.2, -0.15) is 10.2 Å². The highest BCUT2D eigenvalue weighted by atomic mass is 32.2. The Morgan fingerprint density at radius 1 is 1.20 bits per heavy atom. The Morgan fingerprint density at radius 2 is 2.03 bits per heavy atom. The number of nitrogens with zero attached hydrogens (tertiary/aromatic N) is 4. The Kier molecular flexibility index (Phi) is 6.07. The van der Waals surface area contributed by atoms with Gasteiger partial charge in [0.25, 0.3) is 5.88 Å². The number of aliphatic hydroxyl groups is 1. The number of halogens is 1. The molecule has 3 heterocycles. The lowest BCUT2D eigenvalue weighted by Gasteiger charge is -2.08. The summed E-state index contributed by atoms with van der Waals surface area (Å²) in [6.45, 7) is -0.0817. The topological polar surface area (TPSA) is 115 Å². The molecule has 1 aromatic carbocycles. The molecule has 0 saturated heterocycles. The largest absolute Gasteiger partial charge is 0.436 e. The second kappa shape index (κ2) is 9.08. The van der Waals surface area contributed by atoms with E-state index in [1.165, 1.54) is 24.0 Å². The maximum absolute atomic E-state index is 14.4. The van der Waals surface area contributed by atoms with Crippen molar-refractivity contribution in [1.29, 1.82) is 0 Å². The lowest BCUT2D eigenvalue weighted by molar-refractivity contribution is 0.296. The molecular weight excluding hydrogens is 407 g/mol. The van der Waals surface area contributed by atoms with Crippen LogP contribution in [0.15, 0.2) is 61.1 Å². The second-order valence-corrected chi connectivity index (χ2v) is 7.56. The van der Waals surface area contributed by atoms with Gasteiger partial charge in [0.15, 0.2) is 5.82 Å². The summed E-state index contributed by atoms with van der Waals surface area (Å²) in [6, 6.07) is 12.1. The number of hydrogen-bond acceptors (Lipinski definition) is 7. The molecule has 4 N–H and O–H groups in total. The Labute approximate surface area is 175 Å². The van der Waals surface area contributed by atoms with Crippen LogP contribution in [-0.4, -0.2) is 42.0 Å². The van der Waals surface area contributed by atoms with E-state index in [1.807, 2.05) is 24.4 Å². The van der Waals surface area contributed by atoms with Crippen LogP contribution in [0.4, 0.5) is 4.39 Å². The summed E-state index contributed by atoms with van der Waals surface area (Å²) in [5, 5.41) is 19.7. The van der Waals surface area contributed by atoms with E-state index < -0.39 is 5.82 Å². The number of aliphatic hydroxyl groups excluding tert-OH is 1. The molecule has 30 heavy (non-hydrogen) atoms. The minimum Gasteiger partial charge on any atom is -0.436 e. The number of nitrogens with two attached hydrogens (primary N) is 1. The first-order valence-electron chi connectivity index (χ1n) is 9.07. The van der Waals surface area contributed by atoms with Crippen LogP contribution in [0.3, 0.4) is 0 Å². The quantitative estimate of drug-likeness (QED) is 0.371. The van der Waals surface area contributed by atoms with Gasteiger partial charge in [-0.3, -0.25) is 9.78 Å². The van der Waals surface area contributed by atoms with Crippen LogP contribution >= 0.6 is 11.8 Å². The Morgan fingerprint density at radius 3 is 2.73 bits per heavy atom. The first kappa shape index (κ1) is 20.1. The van der Waals surface area contributed by atoms with Gasteiger partial charge >= 0.3 is 0 Å². The number of ether oxygens (including phenoxy) is 1. The summed E-state index contributed by atoms with van der Waals surface area (Å²) < 4.78 is 21.7. The highest BCUT2D eigenvalue weighted by Gasteiger charge is 2.11. The number of rotatable bonds is 8. The van der Waals surface area contributed by atoms with Gasteiger partial charge < -0.3 is 15.6 Å². The number of aromatic amines is 1. The van der Waals surface area contributed by atoms with Crippen LogP contribution in [0, 0.1) is 5.82 Å². The molecule has 0 amide bonds. The predicted octanol–water partition coefficient (Wildman–Crippen LogP) is 3.23. The van der Waals surface area contributed by atoms with Gasteiger partial charge in [0.05, 0.1) is 29.2 Å². The summed E-state index contributed by atoms with van der Waals surface area (Å²) in [7, 11) is 0. The van der Waals surface area contributed by atoms with Gasteiger partial charge in [-0.15, -0.1) is 11.8 Å². The van der Waals surface area contributed by atoms with E-state index in [-0.39, 0.29) is 17.9 Å². The molecule has 10 heteroatoms. The zero-order chi connectivity index (χ0) is 20.9. The molecule has 0 saturated carbocycles. The molecule has 0 radical (unpaired) electrons. The third-order valence-corrected chi connectivity index (χ3v) is 5.22. The van der Waals surface area contributed by atoms with Crippen molar-refractivity contribution in [2.45, 2.75) is 11.3 Å². The van der Waals surface area contributed by atoms with Crippen LogP contribution < -0.4 is 10.5 Å². The number of pyridine rings is 1. The Balaban J connectivity index is 1.42. The van der Waals surface area contributed by atoms with Crippen molar-refractivity contribution in [3.63, 3.8) is 0 Å². The molecule has 4 rings (SSSR count). The smallest absolute Gasteiger partial charge is 0.255 e. The molecule has 4 aromatic rings. The third kappa shape index (κ3) is 4.67. The van der Waals surface area contributed by atoms with Gasteiger partial charge in [-0.1, -0.05) is 0 Å². The van der Waals surface area contributed by atoms with Crippen LogP contribution in [0.25, 0.3) is 22.5 Å². The van der Waals surface area contributed by atoms with Gasteiger partial charge in [-0.25, -0.2) is 9.37 Å². The lowest BCUT2D eigenvalue weighted by atomic mass is 10.1. The van der Waals surface area contributed by atoms with E-state index in [0.29, 0.717) is 22.9 Å². The van der Waals surface area contributed by atoms with Gasteiger partial charge in [0, 0.05) is 29.7 Å². The normalized spacial score (nSPS) is 12.1. The van der Waals surface area contributed by atoms with Crippen molar-refractivity contribution in [2.24, 2.45) is 5.73 Å². The van der Waals surface area contributed by atoms with Crippen LogP contribution in [0.1, 0.15) is 0 Å². The summed E-state index contributed by atoms with van der Waals surface area (Å²) >= 11 is 1.40. The zero-order valence-electron chi connectivity index (χ0n) is 15.8. The van der Waals surface area contributed by atoms with Crippen LogP contribution in [0.2, 0.25) is 0 Å². The monoisotopic (exact) mass is 426 g/mol. The van der Waals surface area contributed by atoms with Crippen molar-refractivity contribution in [3.8, 4) is 34.1 Å². The maximum Gasteiger partial charge on any atom is 0.255 e. The van der Waals surface area contributed by atoms with E-state index in [2.05, 4.69) is 20.3 Å². The molecule has 1 atom stereocenters. The summed E-state index contributed by atoms with van der Waals surface area (Å²) in [4.78, 5) is 4.06. The summed E-state index contributed by atoms with van der Waals surface area (Å²) in [6.07, 6.45) is 4.95.